The number of nitrogens with zero attached hydrogens (tertiary/aromatic N) is 1. The van der Waals surface area contributed by atoms with Gasteiger partial charge in [-0.2, -0.15) is 0 Å². The Kier molecular flexibility index (Phi) is 2.33. The number of oxazole rings is 1. The maximum atomic E-state index is 9.12. The van der Waals surface area contributed by atoms with Gasteiger partial charge in [0.1, 0.15) is 5.76 Å². The molecule has 0 radical (unpaired) electrons. The minimum atomic E-state index is -0.00238. The van der Waals surface area contributed by atoms with Crippen LogP contribution in [-0.4, -0.2) is 10.1 Å². The van der Waals surface area contributed by atoms with Crippen LogP contribution in [0.25, 0.3) is 11.5 Å². The Morgan fingerprint density at radius 3 is 2.79 bits per heavy atom. The number of aliphatic hydroxyl groups excluding tert-OH is 1. The SMILES string of the molecule is Cc1cnc(-c2ccccc2CO)o1. The highest BCUT2D eigenvalue weighted by Crippen LogP contribution is 2.22. The van der Waals surface area contributed by atoms with Crippen LogP contribution in [0.5, 0.6) is 0 Å². The molecule has 1 aromatic heterocycles. The topological polar surface area (TPSA) is 46.3 Å². The van der Waals surface area contributed by atoms with Crippen LogP contribution in [0, 0.1) is 6.92 Å². The van der Waals surface area contributed by atoms with Crippen molar-refractivity contribution >= 4 is 0 Å². The Balaban J connectivity index is 2.50. The van der Waals surface area contributed by atoms with E-state index in [1.54, 1.807) is 6.20 Å². The van der Waals surface area contributed by atoms with E-state index in [1.807, 2.05) is 31.2 Å². The number of rotatable bonds is 2. The van der Waals surface area contributed by atoms with Crippen molar-refractivity contribution in [3.05, 3.63) is 41.8 Å². The molecule has 0 spiro atoms. The predicted molar refractivity (Wildman–Crippen MR) is 52.6 cm³/mol. The summed E-state index contributed by atoms with van der Waals surface area (Å²) in [5.74, 6) is 1.33. The highest BCUT2D eigenvalue weighted by molar-refractivity contribution is 5.58. The minimum Gasteiger partial charge on any atom is -0.441 e. The van der Waals surface area contributed by atoms with Crippen molar-refractivity contribution < 1.29 is 9.52 Å². The second-order valence-corrected chi connectivity index (χ2v) is 3.09. The molecule has 3 nitrogen and oxygen atoms in total. The van der Waals surface area contributed by atoms with E-state index in [2.05, 4.69) is 4.98 Å². The normalized spacial score (nSPS) is 10.4. The second-order valence-electron chi connectivity index (χ2n) is 3.09. The fourth-order valence-electron chi connectivity index (χ4n) is 1.35. The summed E-state index contributed by atoms with van der Waals surface area (Å²) in [6.07, 6.45) is 1.67. The fraction of sp³-hybridized carbons (Fsp3) is 0.182. The zero-order valence-electron chi connectivity index (χ0n) is 7.90. The fourth-order valence-corrected chi connectivity index (χ4v) is 1.35. The Morgan fingerprint density at radius 2 is 2.14 bits per heavy atom. The summed E-state index contributed by atoms with van der Waals surface area (Å²) in [4.78, 5) is 4.12. The van der Waals surface area contributed by atoms with Crippen LogP contribution in [0.4, 0.5) is 0 Å². The number of hydrogen-bond acceptors (Lipinski definition) is 3. The highest BCUT2D eigenvalue weighted by atomic mass is 16.4. The number of benzene rings is 1. The van der Waals surface area contributed by atoms with Gasteiger partial charge in [0.2, 0.25) is 5.89 Å². The third kappa shape index (κ3) is 1.54. The van der Waals surface area contributed by atoms with Gasteiger partial charge in [-0.15, -0.1) is 0 Å². The molecule has 14 heavy (non-hydrogen) atoms. The summed E-state index contributed by atoms with van der Waals surface area (Å²) in [5.41, 5.74) is 1.68. The van der Waals surface area contributed by atoms with Crippen molar-refractivity contribution in [2.24, 2.45) is 0 Å². The van der Waals surface area contributed by atoms with Crippen molar-refractivity contribution in [3.63, 3.8) is 0 Å². The van der Waals surface area contributed by atoms with E-state index in [0.29, 0.717) is 5.89 Å². The van der Waals surface area contributed by atoms with Crippen molar-refractivity contribution in [1.29, 1.82) is 0 Å². The van der Waals surface area contributed by atoms with Crippen LogP contribution in [0.1, 0.15) is 11.3 Å². The van der Waals surface area contributed by atoms with Crippen molar-refractivity contribution in [2.45, 2.75) is 13.5 Å². The molecule has 0 aliphatic rings. The molecule has 2 aromatic rings. The Hall–Kier alpha value is -1.61. The van der Waals surface area contributed by atoms with Gasteiger partial charge in [-0.05, 0) is 18.6 Å². The molecular weight excluding hydrogens is 178 g/mol. The average Bonchev–Trinajstić information content (AvgIpc) is 2.65. The van der Waals surface area contributed by atoms with E-state index in [1.165, 1.54) is 0 Å². The van der Waals surface area contributed by atoms with Crippen LogP contribution in [0.15, 0.2) is 34.9 Å². The van der Waals surface area contributed by atoms with Gasteiger partial charge in [-0.1, -0.05) is 18.2 Å². The molecule has 3 heteroatoms. The van der Waals surface area contributed by atoms with Crippen LogP contribution in [0.2, 0.25) is 0 Å². The number of hydrogen-bond donors (Lipinski definition) is 1. The zero-order chi connectivity index (χ0) is 9.97. The maximum absolute atomic E-state index is 9.12. The van der Waals surface area contributed by atoms with Crippen molar-refractivity contribution in [3.8, 4) is 11.5 Å². The molecule has 1 aromatic carbocycles. The summed E-state index contributed by atoms with van der Waals surface area (Å²) in [6.45, 7) is 1.84. The first-order valence-electron chi connectivity index (χ1n) is 4.43. The number of aryl methyl sites for hydroxylation is 1. The summed E-state index contributed by atoms with van der Waals surface area (Å²) in [6, 6.07) is 7.52. The Morgan fingerprint density at radius 1 is 1.36 bits per heavy atom. The molecule has 0 saturated carbocycles. The van der Waals surface area contributed by atoms with E-state index >= 15 is 0 Å². The molecule has 0 aliphatic carbocycles. The zero-order valence-corrected chi connectivity index (χ0v) is 7.90. The summed E-state index contributed by atoms with van der Waals surface area (Å²) in [7, 11) is 0. The first-order chi connectivity index (χ1) is 6.81. The molecular formula is C11H11NO2. The van der Waals surface area contributed by atoms with E-state index in [0.717, 1.165) is 16.9 Å². The molecule has 0 atom stereocenters. The summed E-state index contributed by atoms with van der Waals surface area (Å²) >= 11 is 0. The Labute approximate surface area is 82.0 Å². The smallest absolute Gasteiger partial charge is 0.226 e. The van der Waals surface area contributed by atoms with Gasteiger partial charge in [0.25, 0.3) is 0 Å². The van der Waals surface area contributed by atoms with Gasteiger partial charge >= 0.3 is 0 Å². The van der Waals surface area contributed by atoms with E-state index in [4.69, 9.17) is 9.52 Å². The van der Waals surface area contributed by atoms with Crippen LogP contribution in [0.3, 0.4) is 0 Å². The third-order valence-electron chi connectivity index (χ3n) is 2.04. The van der Waals surface area contributed by atoms with Gasteiger partial charge in [0, 0.05) is 5.56 Å². The molecule has 0 fully saturated rings. The lowest BCUT2D eigenvalue weighted by Crippen LogP contribution is -1.88. The molecule has 0 amide bonds. The number of aliphatic hydroxyl groups is 1. The van der Waals surface area contributed by atoms with E-state index in [9.17, 15) is 0 Å². The first kappa shape index (κ1) is 8.97. The van der Waals surface area contributed by atoms with Crippen molar-refractivity contribution in [2.75, 3.05) is 0 Å². The molecule has 0 saturated heterocycles. The Bertz CT molecular complexity index is 434. The monoisotopic (exact) mass is 189 g/mol. The standard InChI is InChI=1S/C11H11NO2/c1-8-6-12-11(14-8)10-5-3-2-4-9(10)7-13/h2-6,13H,7H2,1H3. The van der Waals surface area contributed by atoms with Crippen LogP contribution < -0.4 is 0 Å². The third-order valence-corrected chi connectivity index (χ3v) is 2.04. The van der Waals surface area contributed by atoms with Gasteiger partial charge < -0.3 is 9.52 Å². The first-order valence-corrected chi connectivity index (χ1v) is 4.43. The van der Waals surface area contributed by atoms with Crippen LogP contribution >= 0.6 is 0 Å². The molecule has 2 rings (SSSR count). The summed E-state index contributed by atoms with van der Waals surface area (Å²) < 4.78 is 5.39. The molecule has 0 unspecified atom stereocenters. The largest absolute Gasteiger partial charge is 0.441 e. The molecule has 1 N–H and O–H groups in total. The van der Waals surface area contributed by atoms with Gasteiger partial charge in [-0.3, -0.25) is 0 Å². The average molecular weight is 189 g/mol. The lowest BCUT2D eigenvalue weighted by Gasteiger charge is -2.01. The van der Waals surface area contributed by atoms with Crippen LogP contribution in [-0.2, 0) is 6.61 Å². The number of aromatic nitrogens is 1. The maximum Gasteiger partial charge on any atom is 0.226 e. The molecule has 0 bridgehead atoms. The van der Waals surface area contributed by atoms with Gasteiger partial charge in [0.15, 0.2) is 0 Å². The molecule has 1 heterocycles. The highest BCUT2D eigenvalue weighted by Gasteiger charge is 2.08. The van der Waals surface area contributed by atoms with E-state index < -0.39 is 0 Å². The minimum absolute atomic E-state index is 0.00238. The molecule has 72 valence electrons. The lowest BCUT2D eigenvalue weighted by atomic mass is 10.1. The molecule has 0 aliphatic heterocycles. The second kappa shape index (κ2) is 3.64. The predicted octanol–water partition coefficient (Wildman–Crippen LogP) is 2.14. The van der Waals surface area contributed by atoms with Gasteiger partial charge in [-0.25, -0.2) is 4.98 Å². The summed E-state index contributed by atoms with van der Waals surface area (Å²) in [5, 5.41) is 9.12. The van der Waals surface area contributed by atoms with Crippen molar-refractivity contribution in [1.82, 2.24) is 4.98 Å². The van der Waals surface area contributed by atoms with E-state index in [-0.39, 0.29) is 6.61 Å². The lowest BCUT2D eigenvalue weighted by molar-refractivity contribution is 0.282. The van der Waals surface area contributed by atoms with Gasteiger partial charge in [0.05, 0.1) is 12.8 Å². The quantitative estimate of drug-likeness (QED) is 0.787.